The Bertz CT molecular complexity index is 1240. The van der Waals surface area contributed by atoms with E-state index in [-0.39, 0.29) is 35.1 Å². The number of halogens is 3. The topological polar surface area (TPSA) is 113 Å². The fourth-order valence-electron chi connectivity index (χ4n) is 4.99. The van der Waals surface area contributed by atoms with Gasteiger partial charge in [0.25, 0.3) is 5.91 Å². The summed E-state index contributed by atoms with van der Waals surface area (Å²) in [6, 6.07) is 6.76. The molecule has 4 amide bonds. The highest BCUT2D eigenvalue weighted by Gasteiger charge is 2.55. The molecule has 190 valence electrons. The van der Waals surface area contributed by atoms with E-state index in [0.29, 0.717) is 12.1 Å². The van der Waals surface area contributed by atoms with Crippen molar-refractivity contribution in [2.45, 2.75) is 43.6 Å². The maximum atomic E-state index is 14.8. The van der Waals surface area contributed by atoms with E-state index < -0.39 is 47.8 Å². The molecular formula is C25H25F3N4O4. The second-order valence-corrected chi connectivity index (χ2v) is 9.29. The monoisotopic (exact) mass is 502 g/mol. The lowest BCUT2D eigenvalue weighted by molar-refractivity contribution is -0.167. The Balaban J connectivity index is 1.92. The molecule has 11 heteroatoms. The van der Waals surface area contributed by atoms with E-state index in [2.05, 4.69) is 5.32 Å². The first-order valence-corrected chi connectivity index (χ1v) is 11.3. The van der Waals surface area contributed by atoms with Crippen LogP contribution in [0.3, 0.4) is 0 Å². The molecule has 8 nitrogen and oxygen atoms in total. The van der Waals surface area contributed by atoms with Gasteiger partial charge in [0.1, 0.15) is 12.0 Å². The molecule has 2 aliphatic heterocycles. The number of rotatable bonds is 6. The fraction of sp³-hybridized carbons (Fsp3) is 0.360. The van der Waals surface area contributed by atoms with E-state index in [1.807, 2.05) is 4.90 Å². The van der Waals surface area contributed by atoms with E-state index in [1.165, 1.54) is 36.4 Å². The maximum Gasteiger partial charge on any atom is 0.398 e. The summed E-state index contributed by atoms with van der Waals surface area (Å²) >= 11 is 0. The van der Waals surface area contributed by atoms with E-state index in [9.17, 15) is 32.3 Å². The number of carbonyl (C=O) groups is 4. The summed E-state index contributed by atoms with van der Waals surface area (Å²) in [5, 5.41) is 2.12. The van der Waals surface area contributed by atoms with Crippen LogP contribution in [-0.2, 0) is 16.1 Å². The Labute approximate surface area is 205 Å². The molecule has 2 unspecified atom stereocenters. The summed E-state index contributed by atoms with van der Waals surface area (Å²) in [5.74, 6) is -5.25. The van der Waals surface area contributed by atoms with Crippen LogP contribution in [0.25, 0.3) is 0 Å². The number of amides is 4. The lowest BCUT2D eigenvalue weighted by atomic mass is 9.84. The smallest absolute Gasteiger partial charge is 0.366 e. The fourth-order valence-corrected chi connectivity index (χ4v) is 4.99. The molecule has 0 aliphatic carbocycles. The van der Waals surface area contributed by atoms with Gasteiger partial charge in [-0.15, -0.1) is 0 Å². The van der Waals surface area contributed by atoms with Crippen molar-refractivity contribution in [2.75, 3.05) is 14.1 Å². The lowest BCUT2D eigenvalue weighted by Crippen LogP contribution is -2.54. The summed E-state index contributed by atoms with van der Waals surface area (Å²) in [6.07, 6.45) is -5.06. The molecule has 3 N–H and O–H groups in total. The average Bonchev–Trinajstić information content (AvgIpc) is 3.04. The van der Waals surface area contributed by atoms with Gasteiger partial charge in [-0.05, 0) is 55.4 Å². The van der Waals surface area contributed by atoms with Crippen molar-refractivity contribution in [3.63, 3.8) is 0 Å². The number of nitrogens with one attached hydrogen (secondary N) is 1. The molecule has 0 aromatic heterocycles. The molecule has 3 atom stereocenters. The molecule has 0 radical (unpaired) electrons. The molecule has 36 heavy (non-hydrogen) atoms. The summed E-state index contributed by atoms with van der Waals surface area (Å²) < 4.78 is 44.5. The van der Waals surface area contributed by atoms with E-state index in [0.717, 1.165) is 4.90 Å². The molecule has 2 heterocycles. The molecule has 2 aromatic carbocycles. The molecule has 2 aromatic rings. The van der Waals surface area contributed by atoms with Gasteiger partial charge in [-0.1, -0.05) is 24.3 Å². The third kappa shape index (κ3) is 4.70. The second kappa shape index (κ2) is 9.38. The Kier molecular flexibility index (Phi) is 6.61. The third-order valence-electron chi connectivity index (χ3n) is 6.44. The quantitative estimate of drug-likeness (QED) is 0.590. The van der Waals surface area contributed by atoms with Gasteiger partial charge in [-0.25, -0.2) is 0 Å². The zero-order valence-corrected chi connectivity index (χ0v) is 19.6. The predicted molar refractivity (Wildman–Crippen MR) is 123 cm³/mol. The van der Waals surface area contributed by atoms with E-state index in [1.54, 1.807) is 20.2 Å². The standard InChI is InChI=1S/C25H25F3N4O4/c1-31(2)12-13-4-3-5-14(10-13)20(25(26,27)28)21-17-11-15(22(29)34)6-7-16(17)24(36)32(21)18-8-9-19(33)30-23(18)35/h3-7,10-11,18,20-21H,8-9,12H2,1-2H3,(H2,29,34)(H,30,33,35)/t18?,20-,21?/m1/s1. The number of benzene rings is 2. The van der Waals surface area contributed by atoms with Crippen LogP contribution in [0.4, 0.5) is 13.2 Å². The summed E-state index contributed by atoms with van der Waals surface area (Å²) in [4.78, 5) is 52.4. The normalized spacial score (nSPS) is 20.9. The van der Waals surface area contributed by atoms with Crippen molar-refractivity contribution in [3.8, 4) is 0 Å². The van der Waals surface area contributed by atoms with Gasteiger partial charge in [0, 0.05) is 24.1 Å². The number of primary amides is 1. The molecule has 4 rings (SSSR count). The van der Waals surface area contributed by atoms with Gasteiger partial charge in [-0.3, -0.25) is 24.5 Å². The van der Waals surface area contributed by atoms with Gasteiger partial charge < -0.3 is 15.5 Å². The van der Waals surface area contributed by atoms with Gasteiger partial charge in [-0.2, -0.15) is 13.2 Å². The largest absolute Gasteiger partial charge is 0.398 e. The van der Waals surface area contributed by atoms with Gasteiger partial charge >= 0.3 is 6.18 Å². The van der Waals surface area contributed by atoms with Gasteiger partial charge in [0.05, 0.1) is 6.04 Å². The number of fused-ring (bicyclic) bond motifs is 1. The van der Waals surface area contributed by atoms with Crippen LogP contribution in [0.5, 0.6) is 0 Å². The Morgan fingerprint density at radius 3 is 2.50 bits per heavy atom. The molecule has 0 spiro atoms. The summed E-state index contributed by atoms with van der Waals surface area (Å²) in [6.45, 7) is 0.390. The maximum absolute atomic E-state index is 14.8. The number of imide groups is 1. The van der Waals surface area contributed by atoms with Crippen molar-refractivity contribution in [2.24, 2.45) is 5.73 Å². The number of alkyl halides is 3. The molecule has 0 bridgehead atoms. The highest BCUT2D eigenvalue weighted by Crippen LogP contribution is 2.52. The zero-order valence-electron chi connectivity index (χ0n) is 19.6. The van der Waals surface area contributed by atoms with Crippen molar-refractivity contribution in [1.82, 2.24) is 15.1 Å². The van der Waals surface area contributed by atoms with Gasteiger partial charge in [0.15, 0.2) is 0 Å². The molecule has 1 saturated heterocycles. The van der Waals surface area contributed by atoms with Crippen molar-refractivity contribution < 1.29 is 32.3 Å². The van der Waals surface area contributed by atoms with Crippen LogP contribution >= 0.6 is 0 Å². The number of carbonyl (C=O) groups excluding carboxylic acids is 4. The average molecular weight is 502 g/mol. The Morgan fingerprint density at radius 1 is 1.17 bits per heavy atom. The van der Waals surface area contributed by atoms with Crippen molar-refractivity contribution in [3.05, 3.63) is 70.3 Å². The Morgan fingerprint density at radius 2 is 1.89 bits per heavy atom. The number of nitrogens with zero attached hydrogens (tertiary/aromatic N) is 2. The van der Waals surface area contributed by atoms with E-state index >= 15 is 0 Å². The number of hydrogen-bond acceptors (Lipinski definition) is 5. The SMILES string of the molecule is CN(C)Cc1cccc([C@H](C2c3cc(C(N)=O)ccc3C(=O)N2C2CCC(=O)NC2=O)C(F)(F)F)c1. The van der Waals surface area contributed by atoms with E-state index in [4.69, 9.17) is 5.73 Å². The minimum atomic E-state index is -4.83. The predicted octanol–water partition coefficient (Wildman–Crippen LogP) is 2.50. The van der Waals surface area contributed by atoms with Crippen LogP contribution in [0.1, 0.15) is 62.2 Å². The van der Waals surface area contributed by atoms with Crippen molar-refractivity contribution in [1.29, 1.82) is 0 Å². The Hall–Kier alpha value is -3.73. The van der Waals surface area contributed by atoms with Crippen LogP contribution < -0.4 is 11.1 Å². The molecule has 1 fully saturated rings. The highest BCUT2D eigenvalue weighted by atomic mass is 19.4. The highest BCUT2D eigenvalue weighted by molar-refractivity contribution is 6.06. The second-order valence-electron chi connectivity index (χ2n) is 9.29. The molecular weight excluding hydrogens is 477 g/mol. The van der Waals surface area contributed by atoms with Crippen LogP contribution in [0.15, 0.2) is 42.5 Å². The van der Waals surface area contributed by atoms with Crippen LogP contribution in [0, 0.1) is 0 Å². The zero-order chi connectivity index (χ0) is 26.4. The summed E-state index contributed by atoms with van der Waals surface area (Å²) in [5.41, 5.74) is 5.78. The first-order valence-electron chi connectivity index (χ1n) is 11.3. The number of nitrogens with two attached hydrogens (primary N) is 1. The van der Waals surface area contributed by atoms with Crippen LogP contribution in [0.2, 0.25) is 0 Å². The number of hydrogen-bond donors (Lipinski definition) is 2. The van der Waals surface area contributed by atoms with Gasteiger partial charge in [0.2, 0.25) is 17.7 Å². The number of piperidine rings is 1. The first-order chi connectivity index (χ1) is 16.9. The van der Waals surface area contributed by atoms with Crippen LogP contribution in [-0.4, -0.2) is 59.7 Å². The third-order valence-corrected chi connectivity index (χ3v) is 6.44. The molecule has 0 saturated carbocycles. The summed E-state index contributed by atoms with van der Waals surface area (Å²) in [7, 11) is 3.58. The minimum absolute atomic E-state index is 0.0404. The molecule has 2 aliphatic rings. The van der Waals surface area contributed by atoms with Crippen molar-refractivity contribution >= 4 is 23.6 Å². The minimum Gasteiger partial charge on any atom is -0.366 e. The lowest BCUT2D eigenvalue weighted by Gasteiger charge is -2.39. The first kappa shape index (κ1) is 25.4.